The number of nitrogens with two attached hydrogens (primary N) is 1. The molecule has 1 heterocycles. The van der Waals surface area contributed by atoms with E-state index in [0.717, 1.165) is 18.5 Å². The normalized spacial score (nSPS) is 31.7. The third-order valence-electron chi connectivity index (χ3n) is 4.92. The highest BCUT2D eigenvalue weighted by molar-refractivity contribution is 4.78. The fourth-order valence-corrected chi connectivity index (χ4v) is 3.38. The minimum atomic E-state index is 0.457. The molecule has 18 heavy (non-hydrogen) atoms. The molecule has 0 aromatic carbocycles. The van der Waals surface area contributed by atoms with Gasteiger partial charge in [-0.25, -0.2) is 0 Å². The van der Waals surface area contributed by atoms with Gasteiger partial charge >= 0.3 is 0 Å². The molecule has 1 saturated carbocycles. The van der Waals surface area contributed by atoms with E-state index in [9.17, 15) is 0 Å². The van der Waals surface area contributed by atoms with Crippen LogP contribution < -0.4 is 11.1 Å². The van der Waals surface area contributed by atoms with Crippen LogP contribution >= 0.6 is 0 Å². The first kappa shape index (κ1) is 14.3. The highest BCUT2D eigenvalue weighted by Gasteiger charge is 2.20. The zero-order valence-electron chi connectivity index (χ0n) is 12.0. The summed E-state index contributed by atoms with van der Waals surface area (Å²) in [6.45, 7) is 7.10. The molecule has 3 heteroatoms. The van der Waals surface area contributed by atoms with Crippen molar-refractivity contribution >= 4 is 0 Å². The summed E-state index contributed by atoms with van der Waals surface area (Å²) in [6, 6.07) is 1.25. The summed E-state index contributed by atoms with van der Waals surface area (Å²) in [7, 11) is 0. The van der Waals surface area contributed by atoms with Crippen molar-refractivity contribution in [1.29, 1.82) is 0 Å². The van der Waals surface area contributed by atoms with Crippen LogP contribution in [0.1, 0.15) is 51.9 Å². The number of nitrogens with zero attached hydrogens (tertiary/aromatic N) is 1. The lowest BCUT2D eigenvalue weighted by Crippen LogP contribution is -2.44. The number of hydrogen-bond donors (Lipinski definition) is 2. The van der Waals surface area contributed by atoms with E-state index in [4.69, 9.17) is 5.73 Å². The monoisotopic (exact) mass is 253 g/mol. The van der Waals surface area contributed by atoms with Gasteiger partial charge < -0.3 is 16.0 Å². The van der Waals surface area contributed by atoms with Gasteiger partial charge in [-0.05, 0) is 57.5 Å². The van der Waals surface area contributed by atoms with Crippen LogP contribution in [0.15, 0.2) is 0 Å². The zero-order chi connectivity index (χ0) is 12.8. The molecule has 0 amide bonds. The number of piperidine rings is 1. The van der Waals surface area contributed by atoms with Gasteiger partial charge in [-0.3, -0.25) is 0 Å². The van der Waals surface area contributed by atoms with Gasteiger partial charge in [0, 0.05) is 25.2 Å². The average molecular weight is 253 g/mol. The Morgan fingerprint density at radius 1 is 1.06 bits per heavy atom. The SMILES string of the molecule is CCC1CCC(NCCN2CCC(N)CC2)CC1. The van der Waals surface area contributed by atoms with Crippen LogP contribution in [0.25, 0.3) is 0 Å². The molecule has 1 aliphatic heterocycles. The van der Waals surface area contributed by atoms with E-state index in [0.29, 0.717) is 6.04 Å². The van der Waals surface area contributed by atoms with E-state index in [1.807, 2.05) is 0 Å². The first-order chi connectivity index (χ1) is 8.78. The molecule has 1 saturated heterocycles. The first-order valence-electron chi connectivity index (χ1n) is 7.99. The van der Waals surface area contributed by atoms with Crippen LogP contribution in [-0.4, -0.2) is 43.2 Å². The molecular weight excluding hydrogens is 222 g/mol. The molecule has 0 spiro atoms. The molecule has 2 rings (SSSR count). The third-order valence-corrected chi connectivity index (χ3v) is 4.92. The van der Waals surface area contributed by atoms with Gasteiger partial charge in [0.2, 0.25) is 0 Å². The number of likely N-dealkylation sites (tertiary alicyclic amines) is 1. The lowest BCUT2D eigenvalue weighted by atomic mass is 9.84. The Labute approximate surface area is 112 Å². The summed E-state index contributed by atoms with van der Waals surface area (Å²) in [6.07, 6.45) is 9.40. The van der Waals surface area contributed by atoms with Gasteiger partial charge in [-0.1, -0.05) is 13.3 Å². The Balaban J connectivity index is 1.53. The Hall–Kier alpha value is -0.120. The van der Waals surface area contributed by atoms with Crippen molar-refractivity contribution in [3.05, 3.63) is 0 Å². The van der Waals surface area contributed by atoms with Crippen molar-refractivity contribution in [3.63, 3.8) is 0 Å². The molecule has 3 nitrogen and oxygen atoms in total. The van der Waals surface area contributed by atoms with Crippen LogP contribution in [0.2, 0.25) is 0 Å². The van der Waals surface area contributed by atoms with E-state index in [-0.39, 0.29) is 0 Å². The average Bonchev–Trinajstić information content (AvgIpc) is 2.42. The van der Waals surface area contributed by atoms with E-state index in [1.165, 1.54) is 64.6 Å². The van der Waals surface area contributed by atoms with Crippen molar-refractivity contribution in [2.75, 3.05) is 26.2 Å². The molecule has 1 aliphatic carbocycles. The smallest absolute Gasteiger partial charge is 0.0107 e. The van der Waals surface area contributed by atoms with Crippen LogP contribution in [-0.2, 0) is 0 Å². The molecule has 0 radical (unpaired) electrons. The highest BCUT2D eigenvalue weighted by Crippen LogP contribution is 2.26. The summed E-state index contributed by atoms with van der Waals surface area (Å²) in [5.74, 6) is 1.01. The molecule has 2 aliphatic rings. The van der Waals surface area contributed by atoms with E-state index in [1.54, 1.807) is 0 Å². The maximum Gasteiger partial charge on any atom is 0.0107 e. The summed E-state index contributed by atoms with van der Waals surface area (Å²) in [5, 5.41) is 3.75. The van der Waals surface area contributed by atoms with Crippen molar-refractivity contribution in [1.82, 2.24) is 10.2 Å². The molecule has 0 bridgehead atoms. The van der Waals surface area contributed by atoms with Gasteiger partial charge in [0.05, 0.1) is 0 Å². The summed E-state index contributed by atoms with van der Waals surface area (Å²) < 4.78 is 0. The van der Waals surface area contributed by atoms with Crippen molar-refractivity contribution in [3.8, 4) is 0 Å². The molecule has 106 valence electrons. The molecule has 0 unspecified atom stereocenters. The number of nitrogens with one attached hydrogen (secondary N) is 1. The van der Waals surface area contributed by atoms with E-state index in [2.05, 4.69) is 17.1 Å². The number of rotatable bonds is 5. The molecule has 0 aromatic rings. The standard InChI is InChI=1S/C15H31N3/c1-2-13-3-5-15(6-4-13)17-9-12-18-10-7-14(16)8-11-18/h13-15,17H,2-12,16H2,1H3. The van der Waals surface area contributed by atoms with Crippen LogP contribution in [0.3, 0.4) is 0 Å². The summed E-state index contributed by atoms with van der Waals surface area (Å²) >= 11 is 0. The maximum atomic E-state index is 5.93. The van der Waals surface area contributed by atoms with Gasteiger partial charge in [-0.15, -0.1) is 0 Å². The Kier molecular flexibility index (Phi) is 5.93. The molecule has 3 N–H and O–H groups in total. The molecular formula is C15H31N3. The molecule has 2 fully saturated rings. The minimum Gasteiger partial charge on any atom is -0.328 e. The second-order valence-corrected chi connectivity index (χ2v) is 6.26. The number of hydrogen-bond acceptors (Lipinski definition) is 3. The molecule has 0 atom stereocenters. The second-order valence-electron chi connectivity index (χ2n) is 6.26. The predicted octanol–water partition coefficient (Wildman–Crippen LogP) is 1.97. The van der Waals surface area contributed by atoms with Crippen LogP contribution in [0, 0.1) is 5.92 Å². The minimum absolute atomic E-state index is 0.457. The topological polar surface area (TPSA) is 41.3 Å². The fraction of sp³-hybridized carbons (Fsp3) is 1.00. The van der Waals surface area contributed by atoms with E-state index < -0.39 is 0 Å². The third kappa shape index (κ3) is 4.52. The van der Waals surface area contributed by atoms with Crippen molar-refractivity contribution < 1.29 is 0 Å². The fourth-order valence-electron chi connectivity index (χ4n) is 3.38. The largest absolute Gasteiger partial charge is 0.328 e. The quantitative estimate of drug-likeness (QED) is 0.787. The van der Waals surface area contributed by atoms with Gasteiger partial charge in [0.15, 0.2) is 0 Å². The second kappa shape index (κ2) is 7.46. The molecule has 0 aromatic heterocycles. The Morgan fingerprint density at radius 2 is 1.72 bits per heavy atom. The van der Waals surface area contributed by atoms with E-state index >= 15 is 0 Å². The predicted molar refractivity (Wildman–Crippen MR) is 77.7 cm³/mol. The van der Waals surface area contributed by atoms with Crippen LogP contribution in [0.5, 0.6) is 0 Å². The lowest BCUT2D eigenvalue weighted by Gasteiger charge is -2.32. The maximum absolute atomic E-state index is 5.93. The van der Waals surface area contributed by atoms with Gasteiger partial charge in [-0.2, -0.15) is 0 Å². The highest BCUT2D eigenvalue weighted by atomic mass is 15.1. The van der Waals surface area contributed by atoms with Crippen molar-refractivity contribution in [2.45, 2.75) is 64.0 Å². The van der Waals surface area contributed by atoms with Gasteiger partial charge in [0.25, 0.3) is 0 Å². The van der Waals surface area contributed by atoms with Gasteiger partial charge in [0.1, 0.15) is 0 Å². The lowest BCUT2D eigenvalue weighted by molar-refractivity contribution is 0.205. The Bertz CT molecular complexity index is 216. The Morgan fingerprint density at radius 3 is 2.33 bits per heavy atom. The zero-order valence-corrected chi connectivity index (χ0v) is 12.0. The summed E-state index contributed by atoms with van der Waals surface area (Å²) in [5.41, 5.74) is 5.93. The first-order valence-corrected chi connectivity index (χ1v) is 7.99. The van der Waals surface area contributed by atoms with Crippen LogP contribution in [0.4, 0.5) is 0 Å². The van der Waals surface area contributed by atoms with Crippen molar-refractivity contribution in [2.24, 2.45) is 11.7 Å². The summed E-state index contributed by atoms with van der Waals surface area (Å²) in [4.78, 5) is 2.56.